The van der Waals surface area contributed by atoms with Gasteiger partial charge in [-0.05, 0) is 23.3 Å². The Morgan fingerprint density at radius 2 is 1.54 bits per heavy atom. The average Bonchev–Trinajstić information content (AvgIpc) is 2.66. The van der Waals surface area contributed by atoms with Crippen LogP contribution in [-0.2, 0) is 9.59 Å². The van der Waals surface area contributed by atoms with Gasteiger partial charge >= 0.3 is 0 Å². The molecule has 0 aromatic heterocycles. The first-order valence-electron chi connectivity index (χ1n) is 8.88. The van der Waals surface area contributed by atoms with Crippen LogP contribution in [0.15, 0.2) is 54.6 Å². The first-order valence-corrected chi connectivity index (χ1v) is 9.26. The summed E-state index contributed by atoms with van der Waals surface area (Å²) in [5.74, 6) is 0.147. The maximum Gasteiger partial charge on any atom is 0.223 e. The summed E-state index contributed by atoms with van der Waals surface area (Å²) in [7, 11) is 0. The molecule has 1 unspecified atom stereocenters. The Kier molecular flexibility index (Phi) is 5.94. The number of rotatable bonds is 4. The monoisotopic (exact) mass is 370 g/mol. The molecule has 3 rings (SSSR count). The van der Waals surface area contributed by atoms with Crippen molar-refractivity contribution in [3.8, 4) is 0 Å². The average molecular weight is 371 g/mol. The van der Waals surface area contributed by atoms with Crippen molar-refractivity contribution in [1.82, 2.24) is 9.80 Å². The second kappa shape index (κ2) is 8.37. The van der Waals surface area contributed by atoms with Crippen molar-refractivity contribution in [2.24, 2.45) is 0 Å². The summed E-state index contributed by atoms with van der Waals surface area (Å²) in [4.78, 5) is 28.0. The molecule has 2 aromatic carbocycles. The highest BCUT2D eigenvalue weighted by molar-refractivity contribution is 6.30. The molecule has 2 amide bonds. The van der Waals surface area contributed by atoms with Crippen LogP contribution in [-0.4, -0.2) is 47.8 Å². The van der Waals surface area contributed by atoms with E-state index >= 15 is 0 Å². The van der Waals surface area contributed by atoms with Gasteiger partial charge in [0.25, 0.3) is 0 Å². The molecular weight excluding hydrogens is 348 g/mol. The van der Waals surface area contributed by atoms with E-state index in [1.165, 1.54) is 0 Å². The Labute approximate surface area is 159 Å². The molecule has 0 N–H and O–H groups in total. The molecule has 26 heavy (non-hydrogen) atoms. The van der Waals surface area contributed by atoms with Gasteiger partial charge in [-0.25, -0.2) is 0 Å². The third kappa shape index (κ3) is 4.44. The second-order valence-electron chi connectivity index (χ2n) is 6.61. The molecule has 1 heterocycles. The minimum atomic E-state index is -0.0340. The maximum atomic E-state index is 12.9. The van der Waals surface area contributed by atoms with E-state index in [9.17, 15) is 9.59 Å². The Morgan fingerprint density at radius 3 is 2.15 bits per heavy atom. The van der Waals surface area contributed by atoms with Gasteiger partial charge in [0.1, 0.15) is 0 Å². The minimum absolute atomic E-state index is 0.0340. The number of halogens is 1. The molecule has 0 aliphatic carbocycles. The number of carbonyl (C=O) groups is 2. The first kappa shape index (κ1) is 18.5. The van der Waals surface area contributed by atoms with E-state index in [-0.39, 0.29) is 17.7 Å². The SMILES string of the molecule is CC(=O)N1CCN(C(=O)CC(c2ccccc2)c2cccc(Cl)c2)CC1. The predicted molar refractivity (Wildman–Crippen MR) is 103 cm³/mol. The lowest BCUT2D eigenvalue weighted by Gasteiger charge is -2.35. The van der Waals surface area contributed by atoms with Gasteiger partial charge in [-0.1, -0.05) is 54.1 Å². The molecule has 0 radical (unpaired) electrons. The third-order valence-electron chi connectivity index (χ3n) is 4.91. The number of amides is 2. The van der Waals surface area contributed by atoms with Gasteiger partial charge in [0.2, 0.25) is 11.8 Å². The van der Waals surface area contributed by atoms with E-state index in [1.54, 1.807) is 11.8 Å². The number of nitrogens with zero attached hydrogens (tertiary/aromatic N) is 2. The van der Waals surface area contributed by atoms with Gasteiger partial charge in [-0.2, -0.15) is 0 Å². The van der Waals surface area contributed by atoms with Crippen molar-refractivity contribution in [1.29, 1.82) is 0 Å². The fourth-order valence-corrected chi connectivity index (χ4v) is 3.61. The smallest absolute Gasteiger partial charge is 0.223 e. The predicted octanol–water partition coefficient (Wildman–Crippen LogP) is 3.55. The highest BCUT2D eigenvalue weighted by Gasteiger charge is 2.26. The van der Waals surface area contributed by atoms with Crippen LogP contribution in [0.2, 0.25) is 5.02 Å². The van der Waals surface area contributed by atoms with Gasteiger partial charge < -0.3 is 9.80 Å². The molecule has 0 spiro atoms. The molecule has 1 aliphatic rings. The van der Waals surface area contributed by atoms with Gasteiger partial charge in [0, 0.05) is 50.5 Å². The van der Waals surface area contributed by atoms with E-state index < -0.39 is 0 Å². The third-order valence-corrected chi connectivity index (χ3v) is 5.14. The van der Waals surface area contributed by atoms with Gasteiger partial charge in [0.15, 0.2) is 0 Å². The molecule has 0 saturated carbocycles. The van der Waals surface area contributed by atoms with Crippen LogP contribution < -0.4 is 0 Å². The number of carbonyl (C=O) groups excluding carboxylic acids is 2. The molecule has 1 atom stereocenters. The summed E-state index contributed by atoms with van der Waals surface area (Å²) in [5.41, 5.74) is 2.14. The van der Waals surface area contributed by atoms with Crippen LogP contribution >= 0.6 is 11.6 Å². The number of piperazine rings is 1. The summed E-state index contributed by atoms with van der Waals surface area (Å²) in [6.45, 7) is 3.97. The molecule has 136 valence electrons. The molecular formula is C21H23ClN2O2. The standard InChI is InChI=1S/C21H23ClN2O2/c1-16(25)23-10-12-24(13-11-23)21(26)15-20(17-6-3-2-4-7-17)18-8-5-9-19(22)14-18/h2-9,14,20H,10-13,15H2,1H3. The summed E-state index contributed by atoms with van der Waals surface area (Å²) < 4.78 is 0. The first-order chi connectivity index (χ1) is 12.5. The van der Waals surface area contributed by atoms with Crippen LogP contribution in [0.4, 0.5) is 0 Å². The lowest BCUT2D eigenvalue weighted by atomic mass is 9.88. The highest BCUT2D eigenvalue weighted by Crippen LogP contribution is 2.30. The van der Waals surface area contributed by atoms with Crippen LogP contribution in [0, 0.1) is 0 Å². The zero-order valence-electron chi connectivity index (χ0n) is 14.9. The summed E-state index contributed by atoms with van der Waals surface area (Å²) >= 11 is 6.17. The normalized spacial score (nSPS) is 15.6. The number of benzene rings is 2. The van der Waals surface area contributed by atoms with Crippen molar-refractivity contribution in [3.05, 3.63) is 70.7 Å². The van der Waals surface area contributed by atoms with Crippen molar-refractivity contribution >= 4 is 23.4 Å². The highest BCUT2D eigenvalue weighted by atomic mass is 35.5. The lowest BCUT2D eigenvalue weighted by Crippen LogP contribution is -2.50. The van der Waals surface area contributed by atoms with E-state index in [2.05, 4.69) is 0 Å². The summed E-state index contributed by atoms with van der Waals surface area (Å²) in [6.07, 6.45) is 0.393. The van der Waals surface area contributed by atoms with Crippen molar-refractivity contribution in [2.45, 2.75) is 19.3 Å². The molecule has 2 aromatic rings. The Morgan fingerprint density at radius 1 is 0.923 bits per heavy atom. The molecule has 1 saturated heterocycles. The van der Waals surface area contributed by atoms with Crippen LogP contribution in [0.3, 0.4) is 0 Å². The zero-order valence-corrected chi connectivity index (χ0v) is 15.7. The maximum absolute atomic E-state index is 12.9. The van der Waals surface area contributed by atoms with Crippen LogP contribution in [0.25, 0.3) is 0 Å². The largest absolute Gasteiger partial charge is 0.339 e. The van der Waals surface area contributed by atoms with E-state index in [4.69, 9.17) is 11.6 Å². The molecule has 1 aliphatic heterocycles. The number of hydrogen-bond acceptors (Lipinski definition) is 2. The fraction of sp³-hybridized carbons (Fsp3) is 0.333. The minimum Gasteiger partial charge on any atom is -0.339 e. The lowest BCUT2D eigenvalue weighted by molar-refractivity contribution is -0.138. The van der Waals surface area contributed by atoms with Gasteiger partial charge in [-0.3, -0.25) is 9.59 Å². The topological polar surface area (TPSA) is 40.6 Å². The summed E-state index contributed by atoms with van der Waals surface area (Å²) in [5, 5.41) is 0.672. The van der Waals surface area contributed by atoms with Crippen LogP contribution in [0.5, 0.6) is 0 Å². The van der Waals surface area contributed by atoms with E-state index in [0.29, 0.717) is 37.6 Å². The van der Waals surface area contributed by atoms with Crippen molar-refractivity contribution in [2.75, 3.05) is 26.2 Å². The quantitative estimate of drug-likeness (QED) is 0.825. The van der Waals surface area contributed by atoms with Crippen LogP contribution in [0.1, 0.15) is 30.4 Å². The number of hydrogen-bond donors (Lipinski definition) is 0. The fourth-order valence-electron chi connectivity index (χ4n) is 3.41. The van der Waals surface area contributed by atoms with Crippen molar-refractivity contribution < 1.29 is 9.59 Å². The molecule has 1 fully saturated rings. The zero-order chi connectivity index (χ0) is 18.5. The molecule has 0 bridgehead atoms. The van der Waals surface area contributed by atoms with Gasteiger partial charge in [-0.15, -0.1) is 0 Å². The Bertz CT molecular complexity index is 771. The molecule has 4 nitrogen and oxygen atoms in total. The molecule has 5 heteroatoms. The van der Waals surface area contributed by atoms with Crippen molar-refractivity contribution in [3.63, 3.8) is 0 Å². The second-order valence-corrected chi connectivity index (χ2v) is 7.05. The van der Waals surface area contributed by atoms with Gasteiger partial charge in [0.05, 0.1) is 0 Å². The summed E-state index contributed by atoms with van der Waals surface area (Å²) in [6, 6.07) is 17.8. The Balaban J connectivity index is 1.76. The Hall–Kier alpha value is -2.33. The van der Waals surface area contributed by atoms with E-state index in [0.717, 1.165) is 11.1 Å². The van der Waals surface area contributed by atoms with E-state index in [1.807, 2.05) is 59.5 Å².